The fraction of sp³-hybridized carbons (Fsp3) is 0.812. The summed E-state index contributed by atoms with van der Waals surface area (Å²) in [5, 5.41) is 11.8. The molecule has 0 aromatic rings. The molecule has 0 fully saturated rings. The van der Waals surface area contributed by atoms with Crippen LogP contribution in [0.15, 0.2) is 0 Å². The first-order valence-corrected chi connectivity index (χ1v) is 8.01. The molecular weight excluding hydrogens is 318 g/mol. The summed E-state index contributed by atoms with van der Waals surface area (Å²) in [4.78, 5) is 34.8. The van der Waals surface area contributed by atoms with Crippen LogP contribution in [0.2, 0.25) is 0 Å². The Morgan fingerprint density at radius 1 is 1.17 bits per heavy atom. The number of esters is 1. The molecule has 0 rings (SSSR count). The van der Waals surface area contributed by atoms with Gasteiger partial charge in [-0.15, -0.1) is 0 Å². The van der Waals surface area contributed by atoms with E-state index in [1.54, 1.807) is 6.92 Å². The summed E-state index contributed by atoms with van der Waals surface area (Å²) in [6.07, 6.45) is -1.09. The van der Waals surface area contributed by atoms with E-state index >= 15 is 0 Å². The van der Waals surface area contributed by atoms with Crippen molar-refractivity contribution in [2.45, 2.75) is 71.8 Å². The Labute approximate surface area is 142 Å². The average molecular weight is 347 g/mol. The van der Waals surface area contributed by atoms with Crippen LogP contribution < -0.4 is 5.32 Å². The second kappa shape index (κ2) is 10.1. The number of nitrogens with one attached hydrogen (secondary N) is 1. The summed E-state index contributed by atoms with van der Waals surface area (Å²) in [6, 6.07) is 0. The Hall–Kier alpha value is -1.83. The van der Waals surface area contributed by atoms with Gasteiger partial charge in [0.1, 0.15) is 11.6 Å². The van der Waals surface area contributed by atoms with Crippen LogP contribution in [0.5, 0.6) is 0 Å². The van der Waals surface area contributed by atoms with Gasteiger partial charge >= 0.3 is 18.0 Å². The number of alkyl carbamates (subject to hydrolysis) is 1. The van der Waals surface area contributed by atoms with Crippen molar-refractivity contribution in [3.63, 3.8) is 0 Å². The molecule has 0 aliphatic carbocycles. The molecule has 1 amide bonds. The molecule has 0 bridgehead atoms. The molecule has 0 radical (unpaired) electrons. The first-order chi connectivity index (χ1) is 11.1. The van der Waals surface area contributed by atoms with Gasteiger partial charge in [-0.05, 0) is 26.2 Å². The van der Waals surface area contributed by atoms with E-state index in [2.05, 4.69) is 5.32 Å². The summed E-state index contributed by atoms with van der Waals surface area (Å²) >= 11 is 0. The van der Waals surface area contributed by atoms with Crippen molar-refractivity contribution in [3.8, 4) is 0 Å². The predicted molar refractivity (Wildman–Crippen MR) is 86.4 cm³/mol. The third-order valence-corrected chi connectivity index (χ3v) is 3.96. The van der Waals surface area contributed by atoms with Crippen LogP contribution in [0.3, 0.4) is 0 Å². The molecule has 0 aromatic heterocycles. The normalized spacial score (nSPS) is 16.0. The Balaban J connectivity index is 5.04. The first kappa shape index (κ1) is 22.2. The van der Waals surface area contributed by atoms with Gasteiger partial charge in [0.25, 0.3) is 6.29 Å². The van der Waals surface area contributed by atoms with E-state index in [0.717, 1.165) is 12.8 Å². The van der Waals surface area contributed by atoms with E-state index in [9.17, 15) is 19.5 Å². The van der Waals surface area contributed by atoms with Crippen molar-refractivity contribution >= 4 is 18.0 Å². The van der Waals surface area contributed by atoms with Crippen LogP contribution in [-0.4, -0.2) is 48.2 Å². The minimum Gasteiger partial charge on any atom is -0.480 e. The summed E-state index contributed by atoms with van der Waals surface area (Å²) in [5.74, 6) is -1.65. The predicted octanol–water partition coefficient (Wildman–Crippen LogP) is 2.31. The highest BCUT2D eigenvalue weighted by molar-refractivity contribution is 5.84. The van der Waals surface area contributed by atoms with Gasteiger partial charge in [-0.1, -0.05) is 26.7 Å². The van der Waals surface area contributed by atoms with Crippen molar-refractivity contribution in [1.82, 2.24) is 5.32 Å². The van der Waals surface area contributed by atoms with E-state index in [1.807, 2.05) is 13.8 Å². The lowest BCUT2D eigenvalue weighted by atomic mass is 9.86. The molecule has 0 heterocycles. The molecule has 0 aliphatic heterocycles. The maximum Gasteiger partial charge on any atom is 0.411 e. The van der Waals surface area contributed by atoms with Gasteiger partial charge in [0.2, 0.25) is 0 Å². The van der Waals surface area contributed by atoms with E-state index in [-0.39, 0.29) is 12.3 Å². The lowest BCUT2D eigenvalue weighted by Crippen LogP contribution is -2.54. The molecule has 8 nitrogen and oxygen atoms in total. The largest absolute Gasteiger partial charge is 0.480 e. The molecular formula is C16H29NO7. The van der Waals surface area contributed by atoms with E-state index in [4.69, 9.17) is 14.2 Å². The van der Waals surface area contributed by atoms with Gasteiger partial charge < -0.3 is 24.6 Å². The van der Waals surface area contributed by atoms with Crippen LogP contribution in [-0.2, 0) is 23.8 Å². The SMILES string of the molecule is CCC(CC)C[C@](C)(NC(=O)O[C@H](OC(C)=O)C(C)OC)C(=O)O. The molecule has 0 aromatic carbocycles. The van der Waals surface area contributed by atoms with Crippen molar-refractivity contribution in [3.05, 3.63) is 0 Å². The fourth-order valence-corrected chi connectivity index (χ4v) is 2.20. The van der Waals surface area contributed by atoms with Gasteiger partial charge in [0.15, 0.2) is 0 Å². The van der Waals surface area contributed by atoms with Gasteiger partial charge in [-0.3, -0.25) is 4.79 Å². The van der Waals surface area contributed by atoms with Gasteiger partial charge in [0.05, 0.1) is 0 Å². The number of carboxylic acids is 1. The number of carboxylic acid groups (broad SMARTS) is 1. The number of hydrogen-bond acceptors (Lipinski definition) is 6. The highest BCUT2D eigenvalue weighted by atomic mass is 16.7. The van der Waals surface area contributed by atoms with E-state index in [1.165, 1.54) is 21.0 Å². The fourth-order valence-electron chi connectivity index (χ4n) is 2.20. The Bertz CT molecular complexity index is 436. The number of aliphatic carboxylic acids is 1. The minimum absolute atomic E-state index is 0.147. The summed E-state index contributed by atoms with van der Waals surface area (Å²) in [7, 11) is 1.37. The number of carbonyl (C=O) groups excluding carboxylic acids is 2. The monoisotopic (exact) mass is 347 g/mol. The van der Waals surface area contributed by atoms with Crippen molar-refractivity contribution in [2.24, 2.45) is 5.92 Å². The maximum absolute atomic E-state index is 12.1. The number of methoxy groups -OCH3 is 1. The third kappa shape index (κ3) is 7.16. The molecule has 0 saturated carbocycles. The van der Waals surface area contributed by atoms with Crippen LogP contribution in [0, 0.1) is 5.92 Å². The molecule has 24 heavy (non-hydrogen) atoms. The minimum atomic E-state index is -1.48. The molecule has 0 spiro atoms. The molecule has 2 N–H and O–H groups in total. The number of carbonyl (C=O) groups is 3. The Morgan fingerprint density at radius 3 is 2.08 bits per heavy atom. The number of ether oxygens (including phenoxy) is 3. The zero-order chi connectivity index (χ0) is 18.9. The van der Waals surface area contributed by atoms with E-state index < -0.39 is 36.0 Å². The zero-order valence-electron chi connectivity index (χ0n) is 15.3. The Morgan fingerprint density at radius 2 is 1.71 bits per heavy atom. The maximum atomic E-state index is 12.1. The van der Waals surface area contributed by atoms with Gasteiger partial charge in [-0.25, -0.2) is 9.59 Å². The standard InChI is InChI=1S/C16H29NO7/c1-7-12(8-2)9-16(5,14(19)20)17-15(21)24-13(10(3)22-6)23-11(4)18/h10,12-13H,7-9H2,1-6H3,(H,17,21)(H,19,20)/t10?,13-,16-/m0/s1. The Kier molecular flexibility index (Phi) is 9.35. The molecule has 0 saturated heterocycles. The van der Waals surface area contributed by atoms with Crippen molar-refractivity contribution in [2.75, 3.05) is 7.11 Å². The zero-order valence-corrected chi connectivity index (χ0v) is 15.3. The van der Waals surface area contributed by atoms with Crippen LogP contribution in [0.4, 0.5) is 4.79 Å². The first-order valence-electron chi connectivity index (χ1n) is 8.01. The summed E-state index contributed by atoms with van der Waals surface area (Å²) in [5.41, 5.74) is -1.48. The molecule has 1 unspecified atom stereocenters. The molecule has 140 valence electrons. The van der Waals surface area contributed by atoms with Crippen LogP contribution in [0.25, 0.3) is 0 Å². The second-order valence-corrected chi connectivity index (χ2v) is 5.97. The van der Waals surface area contributed by atoms with Crippen molar-refractivity contribution in [1.29, 1.82) is 0 Å². The molecule has 3 atom stereocenters. The number of amides is 1. The third-order valence-electron chi connectivity index (χ3n) is 3.96. The summed E-state index contributed by atoms with van der Waals surface area (Å²) in [6.45, 7) is 8.08. The highest BCUT2D eigenvalue weighted by Gasteiger charge is 2.38. The molecule has 0 aliphatic rings. The number of rotatable bonds is 10. The van der Waals surface area contributed by atoms with E-state index in [0.29, 0.717) is 0 Å². The second-order valence-electron chi connectivity index (χ2n) is 5.97. The average Bonchev–Trinajstić information content (AvgIpc) is 2.50. The number of hydrogen-bond donors (Lipinski definition) is 2. The highest BCUT2D eigenvalue weighted by Crippen LogP contribution is 2.23. The lowest BCUT2D eigenvalue weighted by Gasteiger charge is -2.30. The van der Waals surface area contributed by atoms with Gasteiger partial charge in [-0.2, -0.15) is 0 Å². The smallest absolute Gasteiger partial charge is 0.411 e. The van der Waals surface area contributed by atoms with Crippen molar-refractivity contribution < 1.29 is 33.7 Å². The van der Waals surface area contributed by atoms with Gasteiger partial charge in [0, 0.05) is 14.0 Å². The topological polar surface area (TPSA) is 111 Å². The summed E-state index contributed by atoms with van der Waals surface area (Å²) < 4.78 is 14.9. The lowest BCUT2D eigenvalue weighted by molar-refractivity contribution is -0.186. The van der Waals surface area contributed by atoms with Crippen LogP contribution >= 0.6 is 0 Å². The quantitative estimate of drug-likeness (QED) is 0.461. The molecule has 8 heteroatoms. The van der Waals surface area contributed by atoms with Crippen LogP contribution in [0.1, 0.15) is 53.9 Å².